The molecular weight excluding hydrogens is 138 g/mol. The normalized spacial score (nSPS) is 12.6. The lowest BCUT2D eigenvalue weighted by Crippen LogP contribution is -2.33. The Morgan fingerprint density at radius 2 is 2.00 bits per heavy atom. The Kier molecular flexibility index (Phi) is 5.90. The van der Waals surface area contributed by atoms with Crippen LogP contribution < -0.4 is 5.32 Å². The van der Waals surface area contributed by atoms with Crippen LogP contribution in [0.2, 0.25) is 0 Å². The van der Waals surface area contributed by atoms with Gasteiger partial charge in [-0.05, 0) is 12.8 Å². The predicted molar refractivity (Wildman–Crippen MR) is 47.4 cm³/mol. The van der Waals surface area contributed by atoms with Crippen LogP contribution in [0.15, 0.2) is 0 Å². The van der Waals surface area contributed by atoms with Crippen molar-refractivity contribution < 1.29 is 4.79 Å². The van der Waals surface area contributed by atoms with Crippen LogP contribution in [-0.4, -0.2) is 11.9 Å². The van der Waals surface area contributed by atoms with Gasteiger partial charge < -0.3 is 5.32 Å². The second kappa shape index (κ2) is 6.20. The second-order valence-corrected chi connectivity index (χ2v) is 2.81. The van der Waals surface area contributed by atoms with Gasteiger partial charge in [0.25, 0.3) is 0 Å². The topological polar surface area (TPSA) is 29.1 Å². The van der Waals surface area contributed by atoms with Crippen molar-refractivity contribution in [2.75, 3.05) is 0 Å². The van der Waals surface area contributed by atoms with Crippen molar-refractivity contribution in [1.29, 1.82) is 0 Å². The highest BCUT2D eigenvalue weighted by molar-refractivity contribution is 5.75. The Labute approximate surface area is 69.4 Å². The summed E-state index contributed by atoms with van der Waals surface area (Å²) in [5.41, 5.74) is 0. The van der Waals surface area contributed by atoms with E-state index in [0.29, 0.717) is 12.5 Å². The largest absolute Gasteiger partial charge is 0.353 e. The van der Waals surface area contributed by atoms with Crippen LogP contribution >= 0.6 is 0 Å². The van der Waals surface area contributed by atoms with Gasteiger partial charge in [0.2, 0.25) is 5.91 Å². The molecule has 0 aromatic rings. The van der Waals surface area contributed by atoms with E-state index in [9.17, 15) is 4.79 Å². The minimum Gasteiger partial charge on any atom is -0.353 e. The highest BCUT2D eigenvalue weighted by Crippen LogP contribution is 2.00. The number of carbonyl (C=O) groups excluding carboxylic acids is 1. The van der Waals surface area contributed by atoms with Gasteiger partial charge in [-0.25, -0.2) is 0 Å². The summed E-state index contributed by atoms with van der Waals surface area (Å²) < 4.78 is 0. The van der Waals surface area contributed by atoms with E-state index in [2.05, 4.69) is 19.2 Å². The van der Waals surface area contributed by atoms with Crippen LogP contribution in [0, 0.1) is 0 Å². The minimum atomic E-state index is 0.172. The molecule has 0 aromatic heterocycles. The number of hydrogen-bond donors (Lipinski definition) is 1. The highest BCUT2D eigenvalue weighted by atomic mass is 16.1. The first-order valence-electron chi connectivity index (χ1n) is 4.53. The third-order valence-electron chi connectivity index (χ3n) is 1.82. The summed E-state index contributed by atoms with van der Waals surface area (Å²) in [4.78, 5) is 10.9. The van der Waals surface area contributed by atoms with E-state index < -0.39 is 0 Å². The van der Waals surface area contributed by atoms with Crippen LogP contribution in [0.4, 0.5) is 0 Å². The van der Waals surface area contributed by atoms with E-state index in [1.807, 2.05) is 6.92 Å². The van der Waals surface area contributed by atoms with Crippen molar-refractivity contribution in [2.24, 2.45) is 0 Å². The van der Waals surface area contributed by atoms with Gasteiger partial charge >= 0.3 is 0 Å². The molecule has 1 atom stereocenters. The van der Waals surface area contributed by atoms with Gasteiger partial charge in [-0.1, -0.05) is 27.2 Å². The lowest BCUT2D eigenvalue weighted by atomic mass is 10.1. The fourth-order valence-electron chi connectivity index (χ4n) is 1.06. The van der Waals surface area contributed by atoms with Crippen LogP contribution in [0.25, 0.3) is 0 Å². The predicted octanol–water partition coefficient (Wildman–Crippen LogP) is 2.09. The summed E-state index contributed by atoms with van der Waals surface area (Å²) >= 11 is 0. The zero-order valence-corrected chi connectivity index (χ0v) is 7.81. The van der Waals surface area contributed by atoms with Crippen molar-refractivity contribution in [3.8, 4) is 0 Å². The molecule has 2 nitrogen and oxygen atoms in total. The van der Waals surface area contributed by atoms with Gasteiger partial charge in [0, 0.05) is 12.5 Å². The molecule has 0 aliphatic carbocycles. The highest BCUT2D eigenvalue weighted by Gasteiger charge is 2.06. The molecule has 0 radical (unpaired) electrons. The average Bonchev–Trinajstić information content (AvgIpc) is 2.03. The molecule has 0 fully saturated rings. The van der Waals surface area contributed by atoms with E-state index in [0.717, 1.165) is 19.3 Å². The van der Waals surface area contributed by atoms with Crippen molar-refractivity contribution in [3.05, 3.63) is 0 Å². The summed E-state index contributed by atoms with van der Waals surface area (Å²) in [7, 11) is 0. The molecule has 0 saturated heterocycles. The Hall–Kier alpha value is -0.530. The third kappa shape index (κ3) is 4.82. The summed E-state index contributed by atoms with van der Waals surface area (Å²) in [6.07, 6.45) is 3.88. The Balaban J connectivity index is 3.58. The number of amides is 1. The molecule has 11 heavy (non-hydrogen) atoms. The summed E-state index contributed by atoms with van der Waals surface area (Å²) in [6.45, 7) is 6.13. The summed E-state index contributed by atoms with van der Waals surface area (Å²) in [6, 6.07) is 0.396. The Morgan fingerprint density at radius 3 is 2.36 bits per heavy atom. The molecule has 0 spiro atoms. The molecule has 0 saturated carbocycles. The van der Waals surface area contributed by atoms with Gasteiger partial charge in [0.1, 0.15) is 0 Å². The monoisotopic (exact) mass is 157 g/mol. The fraction of sp³-hybridized carbons (Fsp3) is 0.889. The molecule has 0 bridgehead atoms. The van der Waals surface area contributed by atoms with Crippen molar-refractivity contribution in [1.82, 2.24) is 5.32 Å². The molecule has 1 amide bonds. The first-order valence-corrected chi connectivity index (χ1v) is 4.53. The minimum absolute atomic E-state index is 0.172. The first kappa shape index (κ1) is 10.5. The molecule has 0 aliphatic heterocycles. The molecule has 66 valence electrons. The summed E-state index contributed by atoms with van der Waals surface area (Å²) in [5, 5.41) is 2.98. The van der Waals surface area contributed by atoms with E-state index >= 15 is 0 Å². The SMILES string of the molecule is CCCC(CC)NC(=O)CC. The van der Waals surface area contributed by atoms with Crippen molar-refractivity contribution in [2.45, 2.75) is 52.5 Å². The molecule has 1 N–H and O–H groups in total. The number of nitrogens with one attached hydrogen (secondary N) is 1. The summed E-state index contributed by atoms with van der Waals surface area (Å²) in [5.74, 6) is 0.172. The zero-order chi connectivity index (χ0) is 8.69. The van der Waals surface area contributed by atoms with E-state index in [1.54, 1.807) is 0 Å². The average molecular weight is 157 g/mol. The standard InChI is InChI=1S/C9H19NO/c1-4-7-8(5-2)10-9(11)6-3/h8H,4-7H2,1-3H3,(H,10,11). The molecular formula is C9H19NO. The number of hydrogen-bond acceptors (Lipinski definition) is 1. The molecule has 0 heterocycles. The fourth-order valence-corrected chi connectivity index (χ4v) is 1.06. The first-order chi connectivity index (χ1) is 5.24. The molecule has 0 aliphatic rings. The number of rotatable bonds is 5. The molecule has 1 unspecified atom stereocenters. The van der Waals surface area contributed by atoms with Crippen LogP contribution in [0.1, 0.15) is 46.5 Å². The quantitative estimate of drug-likeness (QED) is 0.650. The lowest BCUT2D eigenvalue weighted by molar-refractivity contribution is -0.121. The van der Waals surface area contributed by atoms with Gasteiger partial charge in [0.05, 0.1) is 0 Å². The van der Waals surface area contributed by atoms with E-state index in [4.69, 9.17) is 0 Å². The molecule has 0 rings (SSSR count). The van der Waals surface area contributed by atoms with Crippen molar-refractivity contribution in [3.63, 3.8) is 0 Å². The maximum Gasteiger partial charge on any atom is 0.219 e. The van der Waals surface area contributed by atoms with Gasteiger partial charge in [0.15, 0.2) is 0 Å². The van der Waals surface area contributed by atoms with E-state index in [1.165, 1.54) is 0 Å². The van der Waals surface area contributed by atoms with Gasteiger partial charge in [-0.2, -0.15) is 0 Å². The molecule has 2 heteroatoms. The Bertz CT molecular complexity index is 112. The van der Waals surface area contributed by atoms with Gasteiger partial charge in [-0.15, -0.1) is 0 Å². The van der Waals surface area contributed by atoms with Crippen molar-refractivity contribution >= 4 is 5.91 Å². The van der Waals surface area contributed by atoms with Gasteiger partial charge in [-0.3, -0.25) is 4.79 Å². The van der Waals surface area contributed by atoms with E-state index in [-0.39, 0.29) is 5.91 Å². The van der Waals surface area contributed by atoms with Crippen LogP contribution in [-0.2, 0) is 4.79 Å². The second-order valence-electron chi connectivity index (χ2n) is 2.81. The smallest absolute Gasteiger partial charge is 0.219 e. The third-order valence-corrected chi connectivity index (χ3v) is 1.82. The lowest BCUT2D eigenvalue weighted by Gasteiger charge is -2.14. The van der Waals surface area contributed by atoms with Crippen LogP contribution in [0.3, 0.4) is 0 Å². The Morgan fingerprint density at radius 1 is 1.36 bits per heavy atom. The number of carbonyl (C=O) groups is 1. The zero-order valence-electron chi connectivity index (χ0n) is 7.81. The van der Waals surface area contributed by atoms with Crippen LogP contribution in [0.5, 0.6) is 0 Å². The molecule has 0 aromatic carbocycles. The maximum absolute atomic E-state index is 10.9. The maximum atomic E-state index is 10.9.